The first kappa shape index (κ1) is 19.4. The Balaban J connectivity index is 1.36. The molecule has 0 aromatic heterocycles. The van der Waals surface area contributed by atoms with Gasteiger partial charge >= 0.3 is 0 Å². The molecular formula is C23H25N3O3. The number of carbonyl (C=O) groups excluding carboxylic acids is 2. The number of rotatable bonds is 6. The van der Waals surface area contributed by atoms with Gasteiger partial charge in [-0.2, -0.15) is 0 Å². The van der Waals surface area contributed by atoms with Gasteiger partial charge in [-0.15, -0.1) is 0 Å². The third-order valence-electron chi connectivity index (χ3n) is 5.43. The number of hydrogen-bond donors (Lipinski definition) is 1. The van der Waals surface area contributed by atoms with Crippen molar-refractivity contribution in [2.45, 2.75) is 13.1 Å². The molecule has 2 amide bonds. The van der Waals surface area contributed by atoms with Gasteiger partial charge < -0.3 is 10.1 Å². The SMILES string of the molecule is C=C1c2ccccc2C(=O)N1CC(=O)NCc1ccccc1CN1CCOCC1. The Bertz CT molecular complexity index is 899. The van der Waals surface area contributed by atoms with Crippen molar-refractivity contribution < 1.29 is 14.3 Å². The third kappa shape index (κ3) is 4.23. The van der Waals surface area contributed by atoms with Gasteiger partial charge in [-0.05, 0) is 17.2 Å². The molecule has 6 nitrogen and oxygen atoms in total. The summed E-state index contributed by atoms with van der Waals surface area (Å²) in [5.74, 6) is -0.373. The Morgan fingerprint density at radius 3 is 2.38 bits per heavy atom. The van der Waals surface area contributed by atoms with E-state index in [-0.39, 0.29) is 18.4 Å². The Hall–Kier alpha value is -2.96. The van der Waals surface area contributed by atoms with E-state index in [1.165, 1.54) is 10.5 Å². The van der Waals surface area contributed by atoms with Crippen molar-refractivity contribution in [3.8, 4) is 0 Å². The van der Waals surface area contributed by atoms with E-state index >= 15 is 0 Å². The largest absolute Gasteiger partial charge is 0.379 e. The van der Waals surface area contributed by atoms with Gasteiger partial charge in [0.05, 0.1) is 13.2 Å². The van der Waals surface area contributed by atoms with Crippen LogP contribution >= 0.6 is 0 Å². The zero-order valence-electron chi connectivity index (χ0n) is 16.4. The van der Waals surface area contributed by atoms with Gasteiger partial charge in [0.1, 0.15) is 6.54 Å². The third-order valence-corrected chi connectivity index (χ3v) is 5.43. The number of carbonyl (C=O) groups is 2. The van der Waals surface area contributed by atoms with Crippen molar-refractivity contribution in [1.29, 1.82) is 0 Å². The molecule has 0 unspecified atom stereocenters. The highest BCUT2D eigenvalue weighted by Crippen LogP contribution is 2.30. The van der Waals surface area contributed by atoms with Crippen molar-refractivity contribution in [2.24, 2.45) is 0 Å². The van der Waals surface area contributed by atoms with Crippen LogP contribution in [-0.4, -0.2) is 54.5 Å². The minimum Gasteiger partial charge on any atom is -0.379 e. The zero-order valence-corrected chi connectivity index (χ0v) is 16.4. The summed E-state index contributed by atoms with van der Waals surface area (Å²) in [6.45, 7) is 8.58. The highest BCUT2D eigenvalue weighted by molar-refractivity contribution is 6.10. The Morgan fingerprint density at radius 2 is 1.66 bits per heavy atom. The molecule has 2 aliphatic heterocycles. The Kier molecular flexibility index (Phi) is 5.74. The van der Waals surface area contributed by atoms with Crippen molar-refractivity contribution in [3.63, 3.8) is 0 Å². The summed E-state index contributed by atoms with van der Waals surface area (Å²) in [4.78, 5) is 28.9. The molecule has 1 fully saturated rings. The summed E-state index contributed by atoms with van der Waals surface area (Å²) < 4.78 is 5.41. The molecule has 2 aliphatic rings. The van der Waals surface area contributed by atoms with Gasteiger partial charge in [0.25, 0.3) is 5.91 Å². The predicted octanol–water partition coefficient (Wildman–Crippen LogP) is 2.26. The first-order valence-electron chi connectivity index (χ1n) is 9.87. The average molecular weight is 391 g/mol. The minimum atomic E-state index is -0.200. The molecule has 6 heteroatoms. The fourth-order valence-corrected chi connectivity index (χ4v) is 3.78. The van der Waals surface area contributed by atoms with E-state index < -0.39 is 0 Å². The number of nitrogens with one attached hydrogen (secondary N) is 1. The highest BCUT2D eigenvalue weighted by Gasteiger charge is 2.31. The molecule has 0 bridgehead atoms. The van der Waals surface area contributed by atoms with Gasteiger partial charge in [-0.3, -0.25) is 19.4 Å². The molecule has 29 heavy (non-hydrogen) atoms. The molecule has 0 spiro atoms. The van der Waals surface area contributed by atoms with Crippen LogP contribution in [-0.2, 0) is 22.6 Å². The molecule has 2 aromatic carbocycles. The van der Waals surface area contributed by atoms with E-state index in [9.17, 15) is 9.59 Å². The summed E-state index contributed by atoms with van der Waals surface area (Å²) in [7, 11) is 0. The second kappa shape index (κ2) is 8.59. The van der Waals surface area contributed by atoms with Crippen molar-refractivity contribution in [2.75, 3.05) is 32.8 Å². The number of morpholine rings is 1. The predicted molar refractivity (Wildman–Crippen MR) is 111 cm³/mol. The Morgan fingerprint density at radius 1 is 1.00 bits per heavy atom. The molecule has 4 rings (SSSR count). The molecular weight excluding hydrogens is 366 g/mol. The smallest absolute Gasteiger partial charge is 0.259 e. The molecule has 150 valence electrons. The fourth-order valence-electron chi connectivity index (χ4n) is 3.78. The van der Waals surface area contributed by atoms with Crippen LogP contribution in [0.3, 0.4) is 0 Å². The lowest BCUT2D eigenvalue weighted by Gasteiger charge is -2.27. The first-order valence-corrected chi connectivity index (χ1v) is 9.87. The number of benzene rings is 2. The molecule has 1 saturated heterocycles. The standard InChI is InChI=1S/C23H25N3O3/c1-17-20-8-4-5-9-21(20)23(28)26(17)16-22(27)24-14-18-6-2-3-7-19(18)15-25-10-12-29-13-11-25/h2-9H,1,10-16H2,(H,24,27). The number of nitrogens with zero attached hydrogens (tertiary/aromatic N) is 2. The molecule has 0 saturated carbocycles. The first-order chi connectivity index (χ1) is 14.1. The summed E-state index contributed by atoms with van der Waals surface area (Å²) in [5.41, 5.74) is 4.25. The lowest BCUT2D eigenvalue weighted by molar-refractivity contribution is -0.121. The van der Waals surface area contributed by atoms with E-state index in [2.05, 4.69) is 22.9 Å². The number of amides is 2. The van der Waals surface area contributed by atoms with Crippen LogP contribution < -0.4 is 5.32 Å². The van der Waals surface area contributed by atoms with Gasteiger partial charge in [-0.1, -0.05) is 49.0 Å². The molecule has 0 aliphatic carbocycles. The van der Waals surface area contributed by atoms with E-state index in [1.54, 1.807) is 6.07 Å². The minimum absolute atomic E-state index is 0.0298. The molecule has 2 aromatic rings. The number of ether oxygens (including phenoxy) is 1. The van der Waals surface area contributed by atoms with E-state index in [0.29, 0.717) is 17.8 Å². The molecule has 0 atom stereocenters. The van der Waals surface area contributed by atoms with Crippen LogP contribution in [0.15, 0.2) is 55.1 Å². The monoisotopic (exact) mass is 391 g/mol. The molecule has 2 heterocycles. The van der Waals surface area contributed by atoms with Crippen LogP contribution in [0.5, 0.6) is 0 Å². The van der Waals surface area contributed by atoms with Gasteiger partial charge in [0.15, 0.2) is 0 Å². The van der Waals surface area contributed by atoms with Crippen LogP contribution in [0.25, 0.3) is 5.70 Å². The summed E-state index contributed by atoms with van der Waals surface area (Å²) >= 11 is 0. The summed E-state index contributed by atoms with van der Waals surface area (Å²) in [6.07, 6.45) is 0. The van der Waals surface area contributed by atoms with Crippen molar-refractivity contribution >= 4 is 17.5 Å². The Labute approximate surface area is 170 Å². The quantitative estimate of drug-likeness (QED) is 0.821. The maximum atomic E-state index is 12.6. The van der Waals surface area contributed by atoms with Crippen LogP contribution in [0, 0.1) is 0 Å². The summed E-state index contributed by atoms with van der Waals surface area (Å²) in [6, 6.07) is 15.4. The van der Waals surface area contributed by atoms with Crippen LogP contribution in [0.2, 0.25) is 0 Å². The second-order valence-corrected chi connectivity index (χ2v) is 7.32. The zero-order chi connectivity index (χ0) is 20.2. The topological polar surface area (TPSA) is 61.9 Å². The van der Waals surface area contributed by atoms with E-state index in [0.717, 1.165) is 44.0 Å². The normalized spacial score (nSPS) is 16.8. The van der Waals surface area contributed by atoms with E-state index in [4.69, 9.17) is 4.74 Å². The maximum Gasteiger partial charge on any atom is 0.259 e. The van der Waals surface area contributed by atoms with Gasteiger partial charge in [-0.25, -0.2) is 0 Å². The number of fused-ring (bicyclic) bond motifs is 1. The lowest BCUT2D eigenvalue weighted by Crippen LogP contribution is -2.37. The van der Waals surface area contributed by atoms with Crippen LogP contribution in [0.4, 0.5) is 0 Å². The van der Waals surface area contributed by atoms with Crippen molar-refractivity contribution in [3.05, 3.63) is 77.4 Å². The maximum absolute atomic E-state index is 12.6. The van der Waals surface area contributed by atoms with Crippen LogP contribution in [0.1, 0.15) is 27.0 Å². The van der Waals surface area contributed by atoms with E-state index in [1.807, 2.05) is 36.4 Å². The summed E-state index contributed by atoms with van der Waals surface area (Å²) in [5, 5.41) is 2.95. The molecule has 1 N–H and O–H groups in total. The molecule has 0 radical (unpaired) electrons. The highest BCUT2D eigenvalue weighted by atomic mass is 16.5. The van der Waals surface area contributed by atoms with Crippen molar-refractivity contribution in [1.82, 2.24) is 15.1 Å². The fraction of sp³-hybridized carbons (Fsp3) is 0.304. The number of hydrogen-bond acceptors (Lipinski definition) is 4. The van der Waals surface area contributed by atoms with Gasteiger partial charge in [0.2, 0.25) is 5.91 Å². The van der Waals surface area contributed by atoms with Gasteiger partial charge in [0, 0.05) is 43.0 Å². The average Bonchev–Trinajstić information content (AvgIpc) is 2.99. The second-order valence-electron chi connectivity index (χ2n) is 7.32. The lowest BCUT2D eigenvalue weighted by atomic mass is 10.1.